The van der Waals surface area contributed by atoms with Crippen molar-refractivity contribution in [2.75, 3.05) is 0 Å². The molecule has 3 nitrogen and oxygen atoms in total. The lowest BCUT2D eigenvalue weighted by Crippen LogP contribution is -2.10. The summed E-state index contributed by atoms with van der Waals surface area (Å²) in [5.41, 5.74) is -7.51. The van der Waals surface area contributed by atoms with Crippen LogP contribution in [0.5, 0.6) is 0 Å². The molecular weight excluding hydrogens is 288 g/mol. The second-order valence-corrected chi connectivity index (χ2v) is 4.09. The third-order valence-electron chi connectivity index (χ3n) is 1.71. The molecular formula is C8H3F6NO2S. The van der Waals surface area contributed by atoms with E-state index in [1.807, 2.05) is 0 Å². The van der Waals surface area contributed by atoms with Crippen molar-refractivity contribution < 1.29 is 31.3 Å². The van der Waals surface area contributed by atoms with E-state index in [0.717, 1.165) is 0 Å². The molecule has 0 unspecified atom stereocenters. The highest BCUT2D eigenvalue weighted by molar-refractivity contribution is 8.00. The number of nitro groups is 1. The molecule has 0 saturated heterocycles. The summed E-state index contributed by atoms with van der Waals surface area (Å²) in [6.07, 6.45) is -5.10. The smallest absolute Gasteiger partial charge is 0.258 e. The lowest BCUT2D eigenvalue weighted by Gasteiger charge is -2.13. The lowest BCUT2D eigenvalue weighted by atomic mass is 10.2. The molecule has 100 valence electrons. The first-order chi connectivity index (χ1) is 8.00. The van der Waals surface area contributed by atoms with E-state index in [9.17, 15) is 36.5 Å². The zero-order valence-electron chi connectivity index (χ0n) is 8.17. The maximum Gasteiger partial charge on any atom is 0.446 e. The number of nitrogens with zero attached hydrogens (tertiary/aromatic N) is 1. The Morgan fingerprint density at radius 2 is 1.67 bits per heavy atom. The Labute approximate surface area is 99.9 Å². The van der Waals surface area contributed by atoms with E-state index >= 15 is 0 Å². The van der Waals surface area contributed by atoms with Gasteiger partial charge in [-0.1, -0.05) is 0 Å². The summed E-state index contributed by atoms with van der Waals surface area (Å²) in [4.78, 5) is 8.05. The number of non-ortho nitro benzene ring substituents is 1. The predicted octanol–water partition coefficient (Wildman–Crippen LogP) is 4.23. The Morgan fingerprint density at radius 1 is 1.11 bits per heavy atom. The van der Waals surface area contributed by atoms with Crippen molar-refractivity contribution in [3.63, 3.8) is 0 Å². The third-order valence-corrected chi connectivity index (χ3v) is 2.51. The van der Waals surface area contributed by atoms with Crippen molar-refractivity contribution >= 4 is 17.4 Å². The maximum absolute atomic E-state index is 12.5. The molecule has 0 aromatic heterocycles. The third kappa shape index (κ3) is 3.79. The highest BCUT2D eigenvalue weighted by Gasteiger charge is 2.39. The van der Waals surface area contributed by atoms with E-state index in [2.05, 4.69) is 0 Å². The SMILES string of the molecule is O=[N+]([O-])c1ccc(SC(F)(F)F)c(C(F)(F)F)c1. The Bertz CT molecular complexity index is 470. The molecule has 0 spiro atoms. The zero-order chi connectivity index (χ0) is 14.1. The summed E-state index contributed by atoms with van der Waals surface area (Å²) in [5.74, 6) is 0. The molecule has 18 heavy (non-hydrogen) atoms. The van der Waals surface area contributed by atoms with Crippen LogP contribution in [0, 0.1) is 10.1 Å². The fourth-order valence-corrected chi connectivity index (χ4v) is 1.74. The van der Waals surface area contributed by atoms with E-state index in [1.165, 1.54) is 0 Å². The number of nitro benzene ring substituents is 1. The molecule has 0 radical (unpaired) electrons. The van der Waals surface area contributed by atoms with Gasteiger partial charge in [-0.3, -0.25) is 10.1 Å². The molecule has 0 atom stereocenters. The summed E-state index contributed by atoms with van der Waals surface area (Å²) in [5, 5.41) is 10.3. The zero-order valence-corrected chi connectivity index (χ0v) is 8.99. The van der Waals surface area contributed by atoms with Crippen molar-refractivity contribution in [1.29, 1.82) is 0 Å². The quantitative estimate of drug-likeness (QED) is 0.354. The first-order valence-electron chi connectivity index (χ1n) is 4.12. The van der Waals surface area contributed by atoms with Crippen LogP contribution < -0.4 is 0 Å². The maximum atomic E-state index is 12.5. The average molecular weight is 291 g/mol. The fourth-order valence-electron chi connectivity index (χ4n) is 1.07. The number of thioether (sulfide) groups is 1. The predicted molar refractivity (Wildman–Crippen MR) is 50.0 cm³/mol. The number of benzene rings is 1. The molecule has 0 aliphatic carbocycles. The standard InChI is InChI=1S/C8H3F6NO2S/c9-7(10,11)5-3-4(15(16)17)1-2-6(5)18-8(12,13)14/h1-3H. The van der Waals surface area contributed by atoms with Gasteiger partial charge in [-0.15, -0.1) is 0 Å². The van der Waals surface area contributed by atoms with Crippen molar-refractivity contribution in [2.45, 2.75) is 16.6 Å². The largest absolute Gasteiger partial charge is 0.446 e. The minimum Gasteiger partial charge on any atom is -0.258 e. The molecule has 0 N–H and O–H groups in total. The van der Waals surface area contributed by atoms with E-state index in [0.29, 0.717) is 12.1 Å². The molecule has 1 aromatic rings. The Hall–Kier alpha value is -1.45. The monoisotopic (exact) mass is 291 g/mol. The molecule has 10 heteroatoms. The second kappa shape index (κ2) is 4.67. The Balaban J connectivity index is 3.30. The van der Waals surface area contributed by atoms with Crippen LogP contribution in [0.4, 0.5) is 32.0 Å². The van der Waals surface area contributed by atoms with Crippen LogP contribution in [0.2, 0.25) is 0 Å². The summed E-state index contributed by atoms with van der Waals surface area (Å²) >= 11 is -0.968. The second-order valence-electron chi connectivity index (χ2n) is 2.98. The van der Waals surface area contributed by atoms with Gasteiger partial charge in [-0.25, -0.2) is 0 Å². The van der Waals surface area contributed by atoms with Gasteiger partial charge < -0.3 is 0 Å². The average Bonchev–Trinajstić information content (AvgIpc) is 2.13. The molecule has 0 fully saturated rings. The van der Waals surface area contributed by atoms with Crippen molar-refractivity contribution in [1.82, 2.24) is 0 Å². The van der Waals surface area contributed by atoms with Crippen LogP contribution in [0.15, 0.2) is 23.1 Å². The van der Waals surface area contributed by atoms with Crippen LogP contribution in [0.3, 0.4) is 0 Å². The van der Waals surface area contributed by atoms with Crippen LogP contribution in [0.1, 0.15) is 5.56 Å². The Morgan fingerprint density at radius 3 is 2.06 bits per heavy atom. The van der Waals surface area contributed by atoms with Gasteiger partial charge in [0.1, 0.15) is 0 Å². The summed E-state index contributed by atoms with van der Waals surface area (Å²) in [6, 6.07) is 1.09. The summed E-state index contributed by atoms with van der Waals surface area (Å²) in [7, 11) is 0. The molecule has 0 heterocycles. The van der Waals surface area contributed by atoms with Gasteiger partial charge in [0.2, 0.25) is 0 Å². The van der Waals surface area contributed by atoms with E-state index in [1.54, 1.807) is 0 Å². The molecule has 0 bridgehead atoms. The summed E-state index contributed by atoms with van der Waals surface area (Å²) in [6.45, 7) is 0. The first-order valence-corrected chi connectivity index (χ1v) is 4.94. The number of halogens is 6. The van der Waals surface area contributed by atoms with Gasteiger partial charge in [0.05, 0.1) is 10.5 Å². The molecule has 0 aliphatic rings. The van der Waals surface area contributed by atoms with Crippen molar-refractivity contribution in [3.05, 3.63) is 33.9 Å². The topological polar surface area (TPSA) is 43.1 Å². The van der Waals surface area contributed by atoms with Gasteiger partial charge in [0.25, 0.3) is 5.69 Å². The molecule has 0 aliphatic heterocycles. The van der Waals surface area contributed by atoms with Crippen LogP contribution >= 0.6 is 11.8 Å². The van der Waals surface area contributed by atoms with Crippen molar-refractivity contribution in [3.8, 4) is 0 Å². The minimum atomic E-state index is -5.10. The fraction of sp³-hybridized carbons (Fsp3) is 0.250. The van der Waals surface area contributed by atoms with Crippen LogP contribution in [-0.2, 0) is 6.18 Å². The van der Waals surface area contributed by atoms with E-state index in [-0.39, 0.29) is 6.07 Å². The van der Waals surface area contributed by atoms with E-state index in [4.69, 9.17) is 0 Å². The molecule has 1 aromatic carbocycles. The number of hydrogen-bond acceptors (Lipinski definition) is 3. The lowest BCUT2D eigenvalue weighted by molar-refractivity contribution is -0.385. The van der Waals surface area contributed by atoms with E-state index < -0.39 is 44.5 Å². The first kappa shape index (κ1) is 14.6. The van der Waals surface area contributed by atoms with Gasteiger partial charge in [0.15, 0.2) is 0 Å². The highest BCUT2D eigenvalue weighted by Crippen LogP contribution is 2.44. The normalized spacial score (nSPS) is 12.6. The Kier molecular flexibility index (Phi) is 3.79. The number of hydrogen-bond donors (Lipinski definition) is 0. The van der Waals surface area contributed by atoms with Gasteiger partial charge in [0, 0.05) is 17.0 Å². The summed E-state index contributed by atoms with van der Waals surface area (Å²) < 4.78 is 73.5. The van der Waals surface area contributed by atoms with Gasteiger partial charge in [-0.05, 0) is 17.8 Å². The van der Waals surface area contributed by atoms with Gasteiger partial charge in [-0.2, -0.15) is 26.3 Å². The van der Waals surface area contributed by atoms with Crippen molar-refractivity contribution in [2.24, 2.45) is 0 Å². The number of rotatable bonds is 2. The minimum absolute atomic E-state index is 0.0775. The van der Waals surface area contributed by atoms with Crippen LogP contribution in [-0.4, -0.2) is 10.4 Å². The molecule has 1 rings (SSSR count). The van der Waals surface area contributed by atoms with Crippen LogP contribution in [0.25, 0.3) is 0 Å². The molecule has 0 amide bonds. The highest BCUT2D eigenvalue weighted by atomic mass is 32.2. The molecule has 0 saturated carbocycles. The number of alkyl halides is 6. The van der Waals surface area contributed by atoms with Gasteiger partial charge >= 0.3 is 11.7 Å².